The summed E-state index contributed by atoms with van der Waals surface area (Å²) in [6.45, 7) is 2.51. The van der Waals surface area contributed by atoms with E-state index in [4.69, 9.17) is 5.11 Å². The summed E-state index contributed by atoms with van der Waals surface area (Å²) < 4.78 is 0. The Hall–Kier alpha value is -2.16. The lowest BCUT2D eigenvalue weighted by Crippen LogP contribution is -2.56. The molecule has 0 saturated carbocycles. The molecule has 2 saturated heterocycles. The number of nitrogens with one attached hydrogen (secondary N) is 2. The molecule has 9 heteroatoms. The molecule has 22 heavy (non-hydrogen) atoms. The zero-order valence-electron chi connectivity index (χ0n) is 12.6. The van der Waals surface area contributed by atoms with Gasteiger partial charge >= 0.3 is 12.0 Å². The Balaban J connectivity index is 2.05. The highest BCUT2D eigenvalue weighted by molar-refractivity contribution is 6.09. The fourth-order valence-electron chi connectivity index (χ4n) is 2.82. The van der Waals surface area contributed by atoms with Crippen LogP contribution >= 0.6 is 0 Å². The van der Waals surface area contributed by atoms with E-state index in [-0.39, 0.29) is 12.5 Å². The second-order valence-corrected chi connectivity index (χ2v) is 5.65. The number of amides is 4. The molecular weight excluding hydrogens is 292 g/mol. The maximum absolute atomic E-state index is 12.5. The van der Waals surface area contributed by atoms with Crippen LogP contribution in [0.2, 0.25) is 0 Å². The van der Waals surface area contributed by atoms with Gasteiger partial charge in [0.2, 0.25) is 5.91 Å². The first kappa shape index (κ1) is 16.2. The fraction of sp³-hybridized carbons (Fsp3) is 0.692. The topological polar surface area (TPSA) is 119 Å². The van der Waals surface area contributed by atoms with Crippen LogP contribution in [0.3, 0.4) is 0 Å². The second-order valence-electron chi connectivity index (χ2n) is 5.65. The molecule has 2 heterocycles. The van der Waals surface area contributed by atoms with Crippen molar-refractivity contribution in [3.8, 4) is 0 Å². The Kier molecular flexibility index (Phi) is 4.36. The van der Waals surface area contributed by atoms with Gasteiger partial charge in [-0.1, -0.05) is 0 Å². The molecular formula is C13H20N4O5. The summed E-state index contributed by atoms with van der Waals surface area (Å²) in [5.41, 5.74) is -1.04. The number of carbonyl (C=O) groups is 4. The minimum Gasteiger partial charge on any atom is -0.480 e. The number of carbonyl (C=O) groups excluding carboxylic acids is 3. The molecule has 0 aliphatic carbocycles. The maximum Gasteiger partial charge on any atom is 0.326 e. The Morgan fingerprint density at radius 3 is 2.45 bits per heavy atom. The van der Waals surface area contributed by atoms with E-state index in [1.54, 1.807) is 7.05 Å². The molecule has 3 N–H and O–H groups in total. The van der Waals surface area contributed by atoms with Gasteiger partial charge in [-0.3, -0.25) is 14.5 Å². The monoisotopic (exact) mass is 312 g/mol. The number of rotatable bonds is 4. The third-order valence-corrected chi connectivity index (χ3v) is 4.29. The van der Waals surface area contributed by atoms with Crippen LogP contribution < -0.4 is 10.6 Å². The molecule has 2 rings (SSSR count). The van der Waals surface area contributed by atoms with Crippen LogP contribution in [0.15, 0.2) is 0 Å². The number of likely N-dealkylation sites (N-methyl/N-ethyl adjacent to an activating group) is 1. The van der Waals surface area contributed by atoms with Gasteiger partial charge in [0.15, 0.2) is 0 Å². The van der Waals surface area contributed by atoms with Gasteiger partial charge in [-0.2, -0.15) is 0 Å². The predicted molar refractivity (Wildman–Crippen MR) is 74.9 cm³/mol. The third-order valence-electron chi connectivity index (χ3n) is 4.29. The molecule has 0 bridgehead atoms. The van der Waals surface area contributed by atoms with Gasteiger partial charge in [0.1, 0.15) is 11.6 Å². The first-order valence-electron chi connectivity index (χ1n) is 7.12. The number of urea groups is 1. The number of hydrogen-bond acceptors (Lipinski definition) is 5. The van der Waals surface area contributed by atoms with Crippen molar-refractivity contribution in [1.29, 1.82) is 0 Å². The van der Waals surface area contributed by atoms with Crippen molar-refractivity contribution in [2.45, 2.75) is 31.3 Å². The largest absolute Gasteiger partial charge is 0.480 e. The third kappa shape index (κ3) is 2.76. The van der Waals surface area contributed by atoms with Crippen LogP contribution in [0, 0.1) is 0 Å². The van der Waals surface area contributed by atoms with Gasteiger partial charge in [-0.15, -0.1) is 0 Å². The van der Waals surface area contributed by atoms with Crippen molar-refractivity contribution >= 4 is 23.8 Å². The molecule has 1 atom stereocenters. The van der Waals surface area contributed by atoms with E-state index in [9.17, 15) is 19.2 Å². The molecule has 0 radical (unpaired) electrons. The Morgan fingerprint density at radius 2 is 1.95 bits per heavy atom. The molecule has 1 unspecified atom stereocenters. The first-order chi connectivity index (χ1) is 10.3. The summed E-state index contributed by atoms with van der Waals surface area (Å²) in [4.78, 5) is 49.5. The zero-order chi connectivity index (χ0) is 16.5. The standard InChI is InChI=1S/C13H20N4O5/c1-8(10(19)20)17-11(21)13(15-12(17)22)3-5-16(6-4-13)7-9(18)14-2/h8H,3-7H2,1-2H3,(H,14,18)(H,15,22)(H,19,20). The molecule has 9 nitrogen and oxygen atoms in total. The molecule has 0 aromatic heterocycles. The highest BCUT2D eigenvalue weighted by Gasteiger charge is 2.54. The summed E-state index contributed by atoms with van der Waals surface area (Å²) in [6.07, 6.45) is 0.717. The minimum atomic E-state index is -1.22. The first-order valence-corrected chi connectivity index (χ1v) is 7.12. The molecule has 0 aromatic carbocycles. The highest BCUT2D eigenvalue weighted by Crippen LogP contribution is 2.30. The van der Waals surface area contributed by atoms with Gasteiger partial charge < -0.3 is 15.7 Å². The summed E-state index contributed by atoms with van der Waals surface area (Å²) >= 11 is 0. The van der Waals surface area contributed by atoms with Crippen LogP contribution in [0.4, 0.5) is 4.79 Å². The van der Waals surface area contributed by atoms with E-state index in [2.05, 4.69) is 10.6 Å². The fourth-order valence-corrected chi connectivity index (χ4v) is 2.82. The van der Waals surface area contributed by atoms with Gasteiger partial charge in [0, 0.05) is 20.1 Å². The zero-order valence-corrected chi connectivity index (χ0v) is 12.6. The van der Waals surface area contributed by atoms with Crippen molar-refractivity contribution < 1.29 is 24.3 Å². The summed E-state index contributed by atoms with van der Waals surface area (Å²) in [7, 11) is 1.56. The Bertz CT molecular complexity index is 513. The van der Waals surface area contributed by atoms with E-state index in [0.717, 1.165) is 4.90 Å². The number of carboxylic acids is 1. The Morgan fingerprint density at radius 1 is 1.36 bits per heavy atom. The Labute approximate surface area is 127 Å². The van der Waals surface area contributed by atoms with E-state index in [0.29, 0.717) is 25.9 Å². The van der Waals surface area contributed by atoms with E-state index < -0.39 is 29.5 Å². The van der Waals surface area contributed by atoms with Crippen molar-refractivity contribution in [2.75, 3.05) is 26.7 Å². The van der Waals surface area contributed by atoms with Crippen LogP contribution in [-0.4, -0.2) is 77.0 Å². The quantitative estimate of drug-likeness (QED) is 0.549. The number of likely N-dealkylation sites (tertiary alicyclic amines) is 1. The molecule has 2 fully saturated rings. The summed E-state index contributed by atoms with van der Waals surface area (Å²) in [5.74, 6) is -1.83. The van der Waals surface area contributed by atoms with Crippen LogP contribution in [0.25, 0.3) is 0 Å². The van der Waals surface area contributed by atoms with Crippen LogP contribution in [0.1, 0.15) is 19.8 Å². The number of aliphatic carboxylic acids is 1. The molecule has 2 aliphatic heterocycles. The highest BCUT2D eigenvalue weighted by atomic mass is 16.4. The second kappa shape index (κ2) is 5.91. The number of piperidine rings is 1. The molecule has 0 aromatic rings. The lowest BCUT2D eigenvalue weighted by Gasteiger charge is -2.37. The predicted octanol–water partition coefficient (Wildman–Crippen LogP) is -1.41. The average Bonchev–Trinajstić information content (AvgIpc) is 2.71. The van der Waals surface area contributed by atoms with Crippen LogP contribution in [-0.2, 0) is 14.4 Å². The lowest BCUT2D eigenvalue weighted by atomic mass is 9.87. The number of hydrogen-bond donors (Lipinski definition) is 3. The lowest BCUT2D eigenvalue weighted by molar-refractivity contribution is -0.147. The molecule has 4 amide bonds. The van der Waals surface area contributed by atoms with E-state index >= 15 is 0 Å². The number of carboxylic acid groups (broad SMARTS) is 1. The van der Waals surface area contributed by atoms with Crippen molar-refractivity contribution in [2.24, 2.45) is 0 Å². The van der Waals surface area contributed by atoms with Gasteiger partial charge in [-0.05, 0) is 19.8 Å². The average molecular weight is 312 g/mol. The normalized spacial score (nSPS) is 22.5. The van der Waals surface area contributed by atoms with E-state index in [1.807, 2.05) is 4.90 Å². The van der Waals surface area contributed by atoms with Crippen molar-refractivity contribution in [3.05, 3.63) is 0 Å². The summed E-state index contributed by atoms with van der Waals surface area (Å²) in [6, 6.07) is -1.87. The maximum atomic E-state index is 12.5. The number of nitrogens with zero attached hydrogens (tertiary/aromatic N) is 2. The van der Waals surface area contributed by atoms with Gasteiger partial charge in [-0.25, -0.2) is 14.5 Å². The SMILES string of the molecule is CNC(=O)CN1CCC2(CC1)NC(=O)N(C(C)C(=O)O)C2=O. The smallest absolute Gasteiger partial charge is 0.326 e. The van der Waals surface area contributed by atoms with Crippen molar-refractivity contribution in [1.82, 2.24) is 20.4 Å². The van der Waals surface area contributed by atoms with Gasteiger partial charge in [0.05, 0.1) is 6.54 Å². The molecule has 122 valence electrons. The summed E-state index contributed by atoms with van der Waals surface area (Å²) in [5, 5.41) is 14.2. The molecule has 1 spiro atoms. The molecule has 2 aliphatic rings. The number of imide groups is 1. The van der Waals surface area contributed by atoms with Gasteiger partial charge in [0.25, 0.3) is 5.91 Å². The minimum absolute atomic E-state index is 0.112. The van der Waals surface area contributed by atoms with Crippen molar-refractivity contribution in [3.63, 3.8) is 0 Å². The van der Waals surface area contributed by atoms with Crippen LogP contribution in [0.5, 0.6) is 0 Å². The van der Waals surface area contributed by atoms with E-state index in [1.165, 1.54) is 6.92 Å².